The summed E-state index contributed by atoms with van der Waals surface area (Å²) in [5, 5.41) is 9.40. The molecule has 2 heterocycles. The van der Waals surface area contributed by atoms with Gasteiger partial charge in [-0.1, -0.05) is 6.92 Å². The van der Waals surface area contributed by atoms with Crippen molar-refractivity contribution in [3.05, 3.63) is 40.3 Å². The molecule has 0 aliphatic heterocycles. The van der Waals surface area contributed by atoms with Gasteiger partial charge in [-0.25, -0.2) is 18.1 Å². The number of ether oxygens (including phenoxy) is 1. The van der Waals surface area contributed by atoms with Crippen molar-refractivity contribution in [2.24, 2.45) is 0 Å². The molecule has 0 spiro atoms. The van der Waals surface area contributed by atoms with Crippen molar-refractivity contribution in [3.63, 3.8) is 0 Å². The van der Waals surface area contributed by atoms with Crippen LogP contribution in [0.4, 0.5) is 0 Å². The van der Waals surface area contributed by atoms with Crippen LogP contribution in [0.15, 0.2) is 34.1 Å². The third kappa shape index (κ3) is 5.03. The lowest BCUT2D eigenvalue weighted by Crippen LogP contribution is -2.25. The van der Waals surface area contributed by atoms with Gasteiger partial charge in [-0.3, -0.25) is 4.79 Å². The zero-order valence-corrected chi connectivity index (χ0v) is 19.5. The molecule has 3 rings (SSSR count). The molecule has 0 aliphatic rings. The molecule has 0 saturated carbocycles. The van der Waals surface area contributed by atoms with Crippen LogP contribution in [-0.2, 0) is 16.6 Å². The normalized spacial score (nSPS) is 11.9. The second kappa shape index (κ2) is 10.3. The van der Waals surface area contributed by atoms with Gasteiger partial charge >= 0.3 is 0 Å². The molecule has 0 amide bonds. The molecule has 9 nitrogen and oxygen atoms in total. The number of hydrogen-bond acceptors (Lipinski definition) is 6. The lowest BCUT2D eigenvalue weighted by Gasteiger charge is -2.13. The highest BCUT2D eigenvalue weighted by molar-refractivity contribution is 7.89. The maximum Gasteiger partial charge on any atom is 0.260 e. The Bertz CT molecular complexity index is 1250. The Morgan fingerprint density at radius 1 is 1.25 bits per heavy atom. The number of H-pyrrole nitrogens is 1. The summed E-state index contributed by atoms with van der Waals surface area (Å²) in [4.78, 5) is 20.4. The third-order valence-corrected chi connectivity index (χ3v) is 6.53. The number of aryl methyl sites for hydroxylation is 2. The SMILES string of the molecule is CCCn1cc(C)c2c(=O)[nH]c(-c3cc(S(=O)(=O)NCCCCO)ccc3OCC)nc21. The van der Waals surface area contributed by atoms with Crippen LogP contribution < -0.4 is 15.0 Å². The zero-order chi connectivity index (χ0) is 23.3. The highest BCUT2D eigenvalue weighted by atomic mass is 32.2. The highest BCUT2D eigenvalue weighted by Crippen LogP contribution is 2.31. The van der Waals surface area contributed by atoms with Gasteiger partial charge in [0.25, 0.3) is 5.56 Å². The predicted molar refractivity (Wildman–Crippen MR) is 123 cm³/mol. The van der Waals surface area contributed by atoms with E-state index in [4.69, 9.17) is 9.84 Å². The monoisotopic (exact) mass is 462 g/mol. The number of fused-ring (bicyclic) bond motifs is 1. The Labute approximate surface area is 187 Å². The van der Waals surface area contributed by atoms with Gasteiger partial charge in [0.1, 0.15) is 17.2 Å². The lowest BCUT2D eigenvalue weighted by atomic mass is 10.1. The van der Waals surface area contributed by atoms with Crippen LogP contribution in [0.5, 0.6) is 5.75 Å². The van der Waals surface area contributed by atoms with Crippen molar-refractivity contribution >= 4 is 21.1 Å². The van der Waals surface area contributed by atoms with Gasteiger partial charge in [-0.05, 0) is 56.9 Å². The van der Waals surface area contributed by atoms with Gasteiger partial charge < -0.3 is 19.4 Å². The molecule has 174 valence electrons. The highest BCUT2D eigenvalue weighted by Gasteiger charge is 2.20. The number of aromatic amines is 1. The number of unbranched alkanes of at least 4 members (excludes halogenated alkanes) is 1. The van der Waals surface area contributed by atoms with Crippen molar-refractivity contribution in [1.29, 1.82) is 0 Å². The molecule has 0 radical (unpaired) electrons. The van der Waals surface area contributed by atoms with E-state index in [-0.39, 0.29) is 29.4 Å². The maximum atomic E-state index is 12.9. The molecular weight excluding hydrogens is 432 g/mol. The van der Waals surface area contributed by atoms with Crippen molar-refractivity contribution in [1.82, 2.24) is 19.3 Å². The summed E-state index contributed by atoms with van der Waals surface area (Å²) in [6, 6.07) is 4.49. The Kier molecular flexibility index (Phi) is 7.70. The molecular formula is C22H30N4O5S. The first-order valence-electron chi connectivity index (χ1n) is 10.8. The zero-order valence-electron chi connectivity index (χ0n) is 18.6. The van der Waals surface area contributed by atoms with E-state index in [9.17, 15) is 13.2 Å². The van der Waals surface area contributed by atoms with Gasteiger partial charge in [-0.2, -0.15) is 0 Å². The molecule has 10 heteroatoms. The second-order valence-corrected chi connectivity index (χ2v) is 9.31. The average molecular weight is 463 g/mol. The minimum Gasteiger partial charge on any atom is -0.493 e. The largest absolute Gasteiger partial charge is 0.493 e. The summed E-state index contributed by atoms with van der Waals surface area (Å²) in [6.07, 6.45) is 3.83. The first-order chi connectivity index (χ1) is 15.3. The predicted octanol–water partition coefficient (Wildman–Crippen LogP) is 2.56. The molecule has 0 unspecified atom stereocenters. The minimum absolute atomic E-state index is 0.00959. The van der Waals surface area contributed by atoms with Gasteiger partial charge in [0.15, 0.2) is 0 Å². The smallest absolute Gasteiger partial charge is 0.260 e. The summed E-state index contributed by atoms with van der Waals surface area (Å²) < 4.78 is 35.7. The van der Waals surface area contributed by atoms with E-state index in [1.807, 2.05) is 31.5 Å². The van der Waals surface area contributed by atoms with Crippen LogP contribution in [0.2, 0.25) is 0 Å². The fraction of sp³-hybridized carbons (Fsp3) is 0.455. The molecule has 0 atom stereocenters. The van der Waals surface area contributed by atoms with E-state index in [2.05, 4.69) is 14.7 Å². The van der Waals surface area contributed by atoms with E-state index in [0.29, 0.717) is 48.3 Å². The van der Waals surface area contributed by atoms with Crippen LogP contribution in [0.1, 0.15) is 38.7 Å². The van der Waals surface area contributed by atoms with Gasteiger partial charge in [0, 0.05) is 25.9 Å². The van der Waals surface area contributed by atoms with Crippen molar-refractivity contribution in [2.45, 2.75) is 51.5 Å². The number of rotatable bonds is 11. The number of aromatic nitrogens is 3. The fourth-order valence-electron chi connectivity index (χ4n) is 3.59. The second-order valence-electron chi connectivity index (χ2n) is 7.54. The van der Waals surface area contributed by atoms with Crippen LogP contribution >= 0.6 is 0 Å². The van der Waals surface area contributed by atoms with E-state index in [0.717, 1.165) is 12.0 Å². The molecule has 0 fully saturated rings. The first-order valence-corrected chi connectivity index (χ1v) is 12.3. The lowest BCUT2D eigenvalue weighted by molar-refractivity contribution is 0.285. The van der Waals surface area contributed by atoms with Gasteiger partial charge in [0.05, 0.1) is 22.5 Å². The average Bonchev–Trinajstić information content (AvgIpc) is 3.07. The molecule has 0 aliphatic carbocycles. The van der Waals surface area contributed by atoms with E-state index in [1.165, 1.54) is 12.1 Å². The van der Waals surface area contributed by atoms with E-state index in [1.54, 1.807) is 6.07 Å². The third-order valence-electron chi connectivity index (χ3n) is 5.07. The molecule has 2 aromatic heterocycles. The number of aliphatic hydroxyl groups is 1. The minimum atomic E-state index is -3.78. The number of nitrogens with zero attached hydrogens (tertiary/aromatic N) is 2. The Morgan fingerprint density at radius 3 is 2.72 bits per heavy atom. The van der Waals surface area contributed by atoms with E-state index >= 15 is 0 Å². The molecule has 3 aromatic rings. The quantitative estimate of drug-likeness (QED) is 0.376. The Hall–Kier alpha value is -2.69. The summed E-state index contributed by atoms with van der Waals surface area (Å²) in [7, 11) is -3.78. The van der Waals surface area contributed by atoms with Crippen molar-refractivity contribution in [2.75, 3.05) is 19.8 Å². The van der Waals surface area contributed by atoms with Crippen LogP contribution in [0.3, 0.4) is 0 Å². The molecule has 32 heavy (non-hydrogen) atoms. The van der Waals surface area contributed by atoms with Gasteiger partial charge in [0.2, 0.25) is 10.0 Å². The number of hydrogen-bond donors (Lipinski definition) is 3. The van der Waals surface area contributed by atoms with Gasteiger partial charge in [-0.15, -0.1) is 0 Å². The molecule has 0 bridgehead atoms. The van der Waals surface area contributed by atoms with Crippen LogP contribution in [0.25, 0.3) is 22.4 Å². The summed E-state index contributed by atoms with van der Waals surface area (Å²) in [5.41, 5.74) is 1.50. The first kappa shape index (κ1) is 24.0. The number of sulfonamides is 1. The summed E-state index contributed by atoms with van der Waals surface area (Å²) >= 11 is 0. The molecule has 1 aromatic carbocycles. The topological polar surface area (TPSA) is 126 Å². The van der Waals surface area contributed by atoms with Crippen molar-refractivity contribution < 1.29 is 18.3 Å². The number of nitrogens with one attached hydrogen (secondary N) is 2. The fourth-order valence-corrected chi connectivity index (χ4v) is 4.69. The number of aliphatic hydroxyl groups excluding tert-OH is 1. The maximum absolute atomic E-state index is 12.9. The summed E-state index contributed by atoms with van der Waals surface area (Å²) in [5.74, 6) is 0.679. The standard InChI is InChI=1S/C22H30N4O5S/c1-4-11-26-14-15(3)19-21(26)24-20(25-22(19)28)17-13-16(8-9-18(17)31-5-2)32(29,30)23-10-6-7-12-27/h8-9,13-14,23,27H,4-7,10-12H2,1-3H3,(H,24,25,28). The van der Waals surface area contributed by atoms with Crippen LogP contribution in [-0.4, -0.2) is 47.8 Å². The van der Waals surface area contributed by atoms with Crippen molar-refractivity contribution in [3.8, 4) is 17.1 Å². The Balaban J connectivity index is 2.11. The van der Waals surface area contributed by atoms with Crippen LogP contribution in [0, 0.1) is 6.92 Å². The van der Waals surface area contributed by atoms with E-state index < -0.39 is 10.0 Å². The summed E-state index contributed by atoms with van der Waals surface area (Å²) in [6.45, 7) is 7.05. The number of benzene rings is 1. The Morgan fingerprint density at radius 2 is 2.03 bits per heavy atom. The molecule has 0 saturated heterocycles. The molecule has 3 N–H and O–H groups in total.